The molecule has 0 atom stereocenters. The quantitative estimate of drug-likeness (QED) is 0.430. The Kier molecular flexibility index (Phi) is 12.9. The Balaban J connectivity index is 0.000000284. The zero-order chi connectivity index (χ0) is 11.3. The molecule has 0 spiro atoms. The van der Waals surface area contributed by atoms with Crippen LogP contribution in [-0.4, -0.2) is 0 Å². The molecule has 0 saturated carbocycles. The Morgan fingerprint density at radius 1 is 0.353 bits per heavy atom. The van der Waals surface area contributed by atoms with Crippen LogP contribution >= 0.6 is 0 Å². The van der Waals surface area contributed by atoms with Crippen LogP contribution in [0.25, 0.3) is 0 Å². The van der Waals surface area contributed by atoms with E-state index in [1.54, 1.807) is 0 Å². The molecule has 94 valence electrons. The van der Waals surface area contributed by atoms with E-state index in [-0.39, 0.29) is 19.5 Å². The van der Waals surface area contributed by atoms with Crippen molar-refractivity contribution in [2.24, 2.45) is 0 Å². The topological polar surface area (TPSA) is 0 Å². The first-order valence-corrected chi connectivity index (χ1v) is 6.28. The summed E-state index contributed by atoms with van der Waals surface area (Å²) in [6, 6.07) is 0. The van der Waals surface area contributed by atoms with Crippen molar-refractivity contribution in [3.8, 4) is 0 Å². The Morgan fingerprint density at radius 3 is 1.00 bits per heavy atom. The average molecular weight is 315 g/mol. The van der Waals surface area contributed by atoms with Gasteiger partial charge in [-0.05, 0) is 38.5 Å². The van der Waals surface area contributed by atoms with E-state index in [0.717, 1.165) is 0 Å². The third-order valence-corrected chi connectivity index (χ3v) is 2.44. The molecule has 0 aromatic rings. The van der Waals surface area contributed by atoms with Gasteiger partial charge in [-0.2, -0.15) is 0 Å². The van der Waals surface area contributed by atoms with E-state index >= 15 is 0 Å². The van der Waals surface area contributed by atoms with Gasteiger partial charge < -0.3 is 0 Å². The predicted octanol–water partition coefficient (Wildman–Crippen LogP) is 5.12. The van der Waals surface area contributed by atoms with E-state index in [1.807, 2.05) is 0 Å². The van der Waals surface area contributed by atoms with Gasteiger partial charge >= 0.3 is 0 Å². The minimum Gasteiger partial charge on any atom is -0.0882 e. The normalized spacial score (nSPS) is 21.6. The van der Waals surface area contributed by atoms with Crippen LogP contribution in [0.15, 0.2) is 60.8 Å². The Bertz CT molecular complexity index is 251. The van der Waals surface area contributed by atoms with Crippen molar-refractivity contribution in [1.29, 1.82) is 0 Å². The van der Waals surface area contributed by atoms with Crippen molar-refractivity contribution in [2.45, 2.75) is 38.5 Å². The molecule has 0 unspecified atom stereocenters. The summed E-state index contributed by atoms with van der Waals surface area (Å²) in [4.78, 5) is 0. The van der Waals surface area contributed by atoms with Crippen LogP contribution in [0, 0.1) is 0 Å². The van der Waals surface area contributed by atoms with Crippen LogP contribution in [0.1, 0.15) is 38.5 Å². The fourth-order valence-electron chi connectivity index (χ4n) is 1.53. The van der Waals surface area contributed by atoms with E-state index in [2.05, 4.69) is 60.8 Å². The molecule has 0 bridgehead atoms. The Labute approximate surface area is 119 Å². The summed E-state index contributed by atoms with van der Waals surface area (Å²) in [6.07, 6.45) is 29.0. The molecule has 0 aromatic carbocycles. The molecule has 2 aliphatic rings. The van der Waals surface area contributed by atoms with Gasteiger partial charge in [0.15, 0.2) is 0 Å². The van der Waals surface area contributed by atoms with Crippen molar-refractivity contribution < 1.29 is 19.5 Å². The molecule has 0 nitrogen and oxygen atoms in total. The molecule has 0 fully saturated rings. The second kappa shape index (κ2) is 13.4. The first-order chi connectivity index (χ1) is 8.00. The number of hydrogen-bond acceptors (Lipinski definition) is 0. The first-order valence-electron chi connectivity index (χ1n) is 6.28. The molecule has 2 rings (SSSR count). The second-order valence-corrected chi connectivity index (χ2v) is 3.92. The van der Waals surface area contributed by atoms with Gasteiger partial charge in [-0.3, -0.25) is 0 Å². The van der Waals surface area contributed by atoms with E-state index < -0.39 is 0 Å². The summed E-state index contributed by atoms with van der Waals surface area (Å²) in [7, 11) is 0. The van der Waals surface area contributed by atoms with Crippen molar-refractivity contribution in [3.63, 3.8) is 0 Å². The van der Waals surface area contributed by atoms with Gasteiger partial charge in [0.05, 0.1) is 0 Å². The SMILES string of the molecule is C1=C/C=C\CCC=C1.C1=CCC/C=C\CC1.[Ru]. The van der Waals surface area contributed by atoms with Crippen LogP contribution < -0.4 is 0 Å². The average Bonchev–Trinajstić information content (AvgIpc) is 2.15. The number of rotatable bonds is 0. The molecular weight excluding hydrogens is 293 g/mol. The minimum absolute atomic E-state index is 0. The van der Waals surface area contributed by atoms with Crippen LogP contribution in [0.4, 0.5) is 0 Å². The summed E-state index contributed by atoms with van der Waals surface area (Å²) < 4.78 is 0. The second-order valence-electron chi connectivity index (χ2n) is 3.92. The van der Waals surface area contributed by atoms with Gasteiger partial charge in [-0.15, -0.1) is 0 Å². The van der Waals surface area contributed by atoms with E-state index in [4.69, 9.17) is 0 Å². The fraction of sp³-hybridized carbons (Fsp3) is 0.375. The zero-order valence-corrected chi connectivity index (χ0v) is 12.1. The summed E-state index contributed by atoms with van der Waals surface area (Å²) in [5.74, 6) is 0. The van der Waals surface area contributed by atoms with Crippen molar-refractivity contribution >= 4 is 0 Å². The molecule has 0 N–H and O–H groups in total. The molecule has 17 heavy (non-hydrogen) atoms. The van der Waals surface area contributed by atoms with E-state index in [9.17, 15) is 0 Å². The number of hydrogen-bond donors (Lipinski definition) is 0. The van der Waals surface area contributed by atoms with Crippen LogP contribution in [0.5, 0.6) is 0 Å². The van der Waals surface area contributed by atoms with Crippen LogP contribution in [0.2, 0.25) is 0 Å². The van der Waals surface area contributed by atoms with Gasteiger partial charge in [0, 0.05) is 19.5 Å². The Morgan fingerprint density at radius 2 is 0.647 bits per heavy atom. The monoisotopic (exact) mass is 316 g/mol. The molecule has 0 saturated heterocycles. The van der Waals surface area contributed by atoms with Gasteiger partial charge in [-0.1, -0.05) is 60.8 Å². The van der Waals surface area contributed by atoms with Crippen LogP contribution in [0.3, 0.4) is 0 Å². The van der Waals surface area contributed by atoms with Crippen LogP contribution in [-0.2, 0) is 19.5 Å². The summed E-state index contributed by atoms with van der Waals surface area (Å²) in [5.41, 5.74) is 0. The van der Waals surface area contributed by atoms with Crippen molar-refractivity contribution in [1.82, 2.24) is 0 Å². The molecule has 0 aromatic heterocycles. The zero-order valence-electron chi connectivity index (χ0n) is 10.4. The summed E-state index contributed by atoms with van der Waals surface area (Å²) in [6.45, 7) is 0. The third kappa shape index (κ3) is 11.6. The molecule has 1 heteroatoms. The molecule has 0 radical (unpaired) electrons. The summed E-state index contributed by atoms with van der Waals surface area (Å²) in [5, 5.41) is 0. The predicted molar refractivity (Wildman–Crippen MR) is 73.4 cm³/mol. The summed E-state index contributed by atoms with van der Waals surface area (Å²) >= 11 is 0. The number of allylic oxidation sites excluding steroid dienone is 10. The maximum Gasteiger partial charge on any atom is 0 e. The largest absolute Gasteiger partial charge is 0.0882 e. The van der Waals surface area contributed by atoms with Gasteiger partial charge in [-0.25, -0.2) is 0 Å². The van der Waals surface area contributed by atoms with Gasteiger partial charge in [0.2, 0.25) is 0 Å². The van der Waals surface area contributed by atoms with Crippen molar-refractivity contribution in [3.05, 3.63) is 60.8 Å². The molecule has 0 heterocycles. The third-order valence-electron chi connectivity index (χ3n) is 2.44. The van der Waals surface area contributed by atoms with E-state index in [0.29, 0.717) is 0 Å². The van der Waals surface area contributed by atoms with E-state index in [1.165, 1.54) is 38.5 Å². The van der Waals surface area contributed by atoms with Gasteiger partial charge in [0.1, 0.15) is 0 Å². The molecule has 0 amide bonds. The van der Waals surface area contributed by atoms with Crippen molar-refractivity contribution in [2.75, 3.05) is 0 Å². The smallest absolute Gasteiger partial charge is 0 e. The van der Waals surface area contributed by atoms with Gasteiger partial charge in [0.25, 0.3) is 0 Å². The maximum atomic E-state index is 2.27. The Hall–Kier alpha value is -0.677. The molecule has 2 aliphatic carbocycles. The molecular formula is C16H22Ru. The minimum atomic E-state index is 0. The standard InChI is InChI=1S/C8H12.C8H10.Ru/c2*1-2-4-6-8-7-5-3-1;/h1-2,7-8H,3-6H2;1-6H,7-8H2;/b2-1-,8-7?;2-1?,5-3-,6-4?;. The fourth-order valence-corrected chi connectivity index (χ4v) is 1.53. The first kappa shape index (κ1) is 16.3. The maximum absolute atomic E-state index is 2.27. The molecule has 0 aliphatic heterocycles.